The van der Waals surface area contributed by atoms with E-state index in [0.717, 1.165) is 6.21 Å². The quantitative estimate of drug-likeness (QED) is 0.222. The van der Waals surface area contributed by atoms with Gasteiger partial charge in [-0.05, 0) is 53.1 Å². The molecule has 1 aromatic carbocycles. The van der Waals surface area contributed by atoms with Crippen molar-refractivity contribution in [2.45, 2.75) is 33.7 Å². The largest absolute Gasteiger partial charge is 0.506 e. The number of nitrogens with zero attached hydrogens (tertiary/aromatic N) is 1. The van der Waals surface area contributed by atoms with Crippen LogP contribution in [-0.4, -0.2) is 41.7 Å². The molecule has 0 aromatic heterocycles. The van der Waals surface area contributed by atoms with Crippen molar-refractivity contribution >= 4 is 40.5 Å². The highest BCUT2D eigenvalue weighted by molar-refractivity contribution is 14.1. The second kappa shape index (κ2) is 9.28. The van der Waals surface area contributed by atoms with Gasteiger partial charge in [0.25, 0.3) is 0 Å². The van der Waals surface area contributed by atoms with Crippen LogP contribution in [0.15, 0.2) is 28.8 Å². The predicted octanol–water partition coefficient (Wildman–Crippen LogP) is 3.74. The summed E-state index contributed by atoms with van der Waals surface area (Å²) < 4.78 is 19.7. The van der Waals surface area contributed by atoms with Crippen LogP contribution in [0.2, 0.25) is 0 Å². The van der Waals surface area contributed by atoms with Gasteiger partial charge in [-0.1, -0.05) is 20.8 Å². The third-order valence-corrected chi connectivity index (χ3v) is 4.16. The Hall–Kier alpha value is -1.48. The zero-order valence-electron chi connectivity index (χ0n) is 14.7. The van der Waals surface area contributed by atoms with Crippen molar-refractivity contribution in [1.82, 2.24) is 0 Å². The summed E-state index contributed by atoms with van der Waals surface area (Å²) in [5.74, 6) is -2.03. The van der Waals surface area contributed by atoms with E-state index in [1.807, 2.05) is 43.4 Å². The molecular formula is C18H23FINO4. The van der Waals surface area contributed by atoms with Gasteiger partial charge in [-0.25, -0.2) is 9.18 Å². The Labute approximate surface area is 160 Å². The van der Waals surface area contributed by atoms with Gasteiger partial charge in [-0.15, -0.1) is 0 Å². The fourth-order valence-electron chi connectivity index (χ4n) is 1.95. The number of aliphatic hydroxyl groups excluding tert-OH is 2. The van der Waals surface area contributed by atoms with Crippen molar-refractivity contribution in [2.75, 3.05) is 13.2 Å². The minimum absolute atomic E-state index is 0.0982. The maximum Gasteiger partial charge on any atom is 0.343 e. The van der Waals surface area contributed by atoms with Gasteiger partial charge in [-0.3, -0.25) is 4.99 Å². The molecule has 0 spiro atoms. The highest BCUT2D eigenvalue weighted by Crippen LogP contribution is 2.24. The lowest BCUT2D eigenvalue weighted by Crippen LogP contribution is -2.28. The van der Waals surface area contributed by atoms with E-state index in [0.29, 0.717) is 3.57 Å². The van der Waals surface area contributed by atoms with E-state index >= 15 is 0 Å². The smallest absolute Gasteiger partial charge is 0.343 e. The zero-order chi connectivity index (χ0) is 19.2. The van der Waals surface area contributed by atoms with Crippen LogP contribution >= 0.6 is 22.6 Å². The van der Waals surface area contributed by atoms with E-state index in [1.54, 1.807) is 13.0 Å². The normalized spacial score (nSPS) is 14.4. The van der Waals surface area contributed by atoms with Gasteiger partial charge in [0.1, 0.15) is 17.1 Å². The maximum absolute atomic E-state index is 14.0. The van der Waals surface area contributed by atoms with Crippen molar-refractivity contribution in [3.05, 3.63) is 38.7 Å². The van der Waals surface area contributed by atoms with E-state index in [1.165, 1.54) is 12.1 Å². The summed E-state index contributed by atoms with van der Waals surface area (Å²) in [4.78, 5) is 16.4. The van der Waals surface area contributed by atoms with Crippen LogP contribution < -0.4 is 0 Å². The van der Waals surface area contributed by atoms with Gasteiger partial charge in [0, 0.05) is 9.78 Å². The molecule has 0 aliphatic carbocycles. The number of hydrogen-bond acceptors (Lipinski definition) is 5. The first-order chi connectivity index (χ1) is 11.6. The van der Waals surface area contributed by atoms with Crippen LogP contribution in [0.1, 0.15) is 33.3 Å². The van der Waals surface area contributed by atoms with Gasteiger partial charge < -0.3 is 14.9 Å². The summed E-state index contributed by atoms with van der Waals surface area (Å²) in [6.45, 7) is 7.16. The molecule has 1 atom stereocenters. The van der Waals surface area contributed by atoms with E-state index in [9.17, 15) is 19.4 Å². The highest BCUT2D eigenvalue weighted by atomic mass is 127. The number of hydrogen-bond donors (Lipinski definition) is 2. The predicted molar refractivity (Wildman–Crippen MR) is 104 cm³/mol. The Morgan fingerprint density at radius 2 is 2.08 bits per heavy atom. The van der Waals surface area contributed by atoms with Gasteiger partial charge in [0.05, 0.1) is 24.8 Å². The monoisotopic (exact) mass is 463 g/mol. The summed E-state index contributed by atoms with van der Waals surface area (Å²) in [5.41, 5.74) is -0.725. The number of benzene rings is 1. The molecule has 1 rings (SSSR count). The summed E-state index contributed by atoms with van der Waals surface area (Å²) in [6.07, 6.45) is 1.14. The molecule has 0 heterocycles. The number of carbonyl (C=O) groups is 1. The molecule has 0 bridgehead atoms. The van der Waals surface area contributed by atoms with Crippen LogP contribution in [0.3, 0.4) is 0 Å². The third kappa shape index (κ3) is 6.07. The molecule has 7 heteroatoms. The van der Waals surface area contributed by atoms with Crippen molar-refractivity contribution in [1.29, 1.82) is 0 Å². The summed E-state index contributed by atoms with van der Waals surface area (Å²) >= 11 is 1.98. The van der Waals surface area contributed by atoms with Crippen LogP contribution in [-0.2, 0) is 9.53 Å². The molecular weight excluding hydrogens is 440 g/mol. The van der Waals surface area contributed by atoms with Gasteiger partial charge in [0.15, 0.2) is 0 Å². The lowest BCUT2D eigenvalue weighted by atomic mass is 9.88. The SMILES string of the molecule is CCOC(=O)/C(C=N[C@H](CO)C(C)(C)C)=C(\O)c1cc(I)ccc1F. The van der Waals surface area contributed by atoms with Crippen molar-refractivity contribution < 1.29 is 24.1 Å². The first-order valence-corrected chi connectivity index (χ1v) is 8.89. The zero-order valence-corrected chi connectivity index (χ0v) is 16.9. The number of rotatable bonds is 6. The van der Waals surface area contributed by atoms with Crippen LogP contribution in [0.25, 0.3) is 5.76 Å². The molecule has 0 amide bonds. The standard InChI is InChI=1S/C18H23FINO4/c1-5-25-17(24)13(9-21-15(10-22)18(2,3)4)16(23)12-8-11(20)6-7-14(12)19/h6-9,15,22-23H,5,10H2,1-4H3/b16-13-,21-9?/t15-/m1/s1. The summed E-state index contributed by atoms with van der Waals surface area (Å²) in [5, 5.41) is 19.9. The number of carbonyl (C=O) groups excluding carboxylic acids is 1. The molecule has 0 saturated carbocycles. The van der Waals surface area contributed by atoms with Crippen LogP contribution in [0.5, 0.6) is 0 Å². The Morgan fingerprint density at radius 3 is 2.60 bits per heavy atom. The average molecular weight is 463 g/mol. The molecule has 138 valence electrons. The van der Waals surface area contributed by atoms with Gasteiger partial charge >= 0.3 is 5.97 Å². The van der Waals surface area contributed by atoms with Crippen LogP contribution in [0.4, 0.5) is 4.39 Å². The number of esters is 1. The maximum atomic E-state index is 14.0. The lowest BCUT2D eigenvalue weighted by Gasteiger charge is -2.25. The minimum atomic E-state index is -0.812. The Bertz CT molecular complexity index is 680. The molecule has 25 heavy (non-hydrogen) atoms. The molecule has 0 unspecified atom stereocenters. The number of aliphatic hydroxyl groups is 2. The highest BCUT2D eigenvalue weighted by Gasteiger charge is 2.24. The van der Waals surface area contributed by atoms with Gasteiger partial charge in [-0.2, -0.15) is 0 Å². The summed E-state index contributed by atoms with van der Waals surface area (Å²) in [6, 6.07) is 3.68. The number of aliphatic imine (C=N–C) groups is 1. The molecule has 0 fully saturated rings. The molecule has 0 radical (unpaired) electrons. The van der Waals surface area contributed by atoms with E-state index < -0.39 is 23.6 Å². The number of ether oxygens (including phenoxy) is 1. The Kier molecular flexibility index (Phi) is 8.01. The van der Waals surface area contributed by atoms with Crippen LogP contribution in [0, 0.1) is 14.8 Å². The molecule has 0 aliphatic heterocycles. The second-order valence-corrected chi connectivity index (χ2v) is 7.70. The fraction of sp³-hybridized carbons (Fsp3) is 0.444. The first kappa shape index (κ1) is 21.6. The lowest BCUT2D eigenvalue weighted by molar-refractivity contribution is -0.137. The third-order valence-electron chi connectivity index (χ3n) is 3.49. The second-order valence-electron chi connectivity index (χ2n) is 6.45. The molecule has 0 saturated heterocycles. The Balaban J connectivity index is 3.42. The molecule has 0 aliphatic rings. The first-order valence-electron chi connectivity index (χ1n) is 7.81. The van der Waals surface area contributed by atoms with E-state index in [2.05, 4.69) is 4.99 Å². The average Bonchev–Trinajstić information content (AvgIpc) is 2.52. The molecule has 5 nitrogen and oxygen atoms in total. The van der Waals surface area contributed by atoms with Gasteiger partial charge in [0.2, 0.25) is 0 Å². The van der Waals surface area contributed by atoms with Crippen molar-refractivity contribution in [3.63, 3.8) is 0 Å². The minimum Gasteiger partial charge on any atom is -0.506 e. The van der Waals surface area contributed by atoms with Crippen molar-refractivity contribution in [3.8, 4) is 0 Å². The molecule has 1 aromatic rings. The topological polar surface area (TPSA) is 79.1 Å². The van der Waals surface area contributed by atoms with E-state index in [4.69, 9.17) is 4.74 Å². The van der Waals surface area contributed by atoms with E-state index in [-0.39, 0.29) is 29.8 Å². The molecule has 2 N–H and O–H groups in total. The number of halogens is 2. The Morgan fingerprint density at radius 1 is 1.44 bits per heavy atom. The fourth-order valence-corrected chi connectivity index (χ4v) is 2.44. The van der Waals surface area contributed by atoms with Crippen molar-refractivity contribution in [2.24, 2.45) is 10.4 Å². The summed E-state index contributed by atoms with van der Waals surface area (Å²) in [7, 11) is 0.